The lowest BCUT2D eigenvalue weighted by Crippen LogP contribution is -2.28. The first kappa shape index (κ1) is 27.2. The third-order valence-electron chi connectivity index (χ3n) is 10.5. The third-order valence-corrected chi connectivity index (χ3v) is 10.5. The molecule has 0 saturated heterocycles. The Kier molecular flexibility index (Phi) is 9.83. The molecule has 0 N–H and O–H groups in total. The van der Waals surface area contributed by atoms with Crippen molar-refractivity contribution in [3.8, 4) is 0 Å². The van der Waals surface area contributed by atoms with Gasteiger partial charge in [-0.25, -0.2) is 17.6 Å². The molecule has 0 aromatic rings. The molecule has 4 aliphatic rings. The first-order chi connectivity index (χ1) is 16.9. The van der Waals surface area contributed by atoms with Gasteiger partial charge >= 0.3 is 0 Å². The summed E-state index contributed by atoms with van der Waals surface area (Å²) in [5.41, 5.74) is 0. The highest BCUT2D eigenvalue weighted by Crippen LogP contribution is 2.49. The molecule has 4 heteroatoms. The van der Waals surface area contributed by atoms with E-state index in [0.29, 0.717) is 11.8 Å². The molecule has 0 heterocycles. The smallest absolute Gasteiger partial charge is 0.135 e. The number of hydrogen-bond acceptors (Lipinski definition) is 0. The molecule has 0 spiro atoms. The summed E-state index contributed by atoms with van der Waals surface area (Å²) in [6.07, 6.45) is 16.0. The van der Waals surface area contributed by atoms with Crippen molar-refractivity contribution in [2.75, 3.05) is 0 Å². The number of rotatable bonds is 8. The van der Waals surface area contributed by atoms with Crippen LogP contribution < -0.4 is 0 Å². The van der Waals surface area contributed by atoms with E-state index in [1.165, 1.54) is 19.3 Å². The number of halogens is 4. The maximum Gasteiger partial charge on any atom is 0.135 e. The van der Waals surface area contributed by atoms with Crippen LogP contribution in [-0.4, -0.2) is 0 Å². The molecule has 0 radical (unpaired) electrons. The van der Waals surface area contributed by atoms with Gasteiger partial charge in [-0.05, 0) is 94.3 Å². The minimum atomic E-state index is -0.469. The summed E-state index contributed by atoms with van der Waals surface area (Å²) in [6.45, 7) is 4.26. The second kappa shape index (κ2) is 12.6. The summed E-state index contributed by atoms with van der Waals surface area (Å²) >= 11 is 0. The van der Waals surface area contributed by atoms with Gasteiger partial charge in [0.25, 0.3) is 0 Å². The molecule has 4 atom stereocenters. The van der Waals surface area contributed by atoms with Gasteiger partial charge in [-0.3, -0.25) is 0 Å². The van der Waals surface area contributed by atoms with Crippen LogP contribution in [0.2, 0.25) is 0 Å². The van der Waals surface area contributed by atoms with Gasteiger partial charge in [-0.1, -0.05) is 52.4 Å². The highest BCUT2D eigenvalue weighted by atomic mass is 19.2. The van der Waals surface area contributed by atoms with E-state index in [-0.39, 0.29) is 29.6 Å². The first-order valence-electron chi connectivity index (χ1n) is 15.0. The summed E-state index contributed by atoms with van der Waals surface area (Å²) < 4.78 is 59.4. The Morgan fingerprint density at radius 2 is 0.943 bits per heavy atom. The Balaban J connectivity index is 1.23. The minimum absolute atomic E-state index is 0.185. The van der Waals surface area contributed by atoms with Gasteiger partial charge in [0.2, 0.25) is 0 Å². The fourth-order valence-electron chi connectivity index (χ4n) is 8.10. The Morgan fingerprint density at radius 1 is 0.486 bits per heavy atom. The standard InChI is InChI=1S/C31H48F4/c1-3-5-24-16-18-26(30(34)28(24)32)23-13-8-21(9-14-23)10-15-25-17-19-27(31(35)29(25)33)22-11-6-20(4-2)7-12-22/h20-27H,3-19H2,1-2H3/t20?,21?,22?,23?,24-,25-,26-,27-/m0/s1. The second-order valence-electron chi connectivity index (χ2n) is 12.5. The fourth-order valence-corrected chi connectivity index (χ4v) is 8.10. The van der Waals surface area contributed by atoms with Crippen molar-refractivity contribution in [3.05, 3.63) is 23.3 Å². The molecule has 4 aliphatic carbocycles. The fraction of sp³-hybridized carbons (Fsp3) is 0.871. The topological polar surface area (TPSA) is 0 Å². The molecule has 0 bridgehead atoms. The summed E-state index contributed by atoms with van der Waals surface area (Å²) in [4.78, 5) is 0. The van der Waals surface area contributed by atoms with Crippen LogP contribution in [0.25, 0.3) is 0 Å². The maximum atomic E-state index is 15.1. The van der Waals surface area contributed by atoms with Gasteiger partial charge in [0.15, 0.2) is 0 Å². The Labute approximate surface area is 211 Å². The molecule has 0 unspecified atom stereocenters. The summed E-state index contributed by atoms with van der Waals surface area (Å²) in [7, 11) is 0. The van der Waals surface area contributed by atoms with Crippen molar-refractivity contribution in [3.63, 3.8) is 0 Å². The van der Waals surface area contributed by atoms with Crippen molar-refractivity contribution in [1.82, 2.24) is 0 Å². The van der Waals surface area contributed by atoms with Crippen molar-refractivity contribution in [2.24, 2.45) is 47.3 Å². The van der Waals surface area contributed by atoms with E-state index in [1.54, 1.807) is 0 Å². The predicted octanol–water partition coefficient (Wildman–Crippen LogP) is 10.9. The van der Waals surface area contributed by atoms with Crippen LogP contribution in [0.3, 0.4) is 0 Å². The lowest BCUT2D eigenvalue weighted by atomic mass is 9.68. The third kappa shape index (κ3) is 6.38. The van der Waals surface area contributed by atoms with E-state index in [9.17, 15) is 8.78 Å². The van der Waals surface area contributed by atoms with Crippen LogP contribution in [0.5, 0.6) is 0 Å². The molecular weight excluding hydrogens is 448 g/mol. The Morgan fingerprint density at radius 3 is 1.40 bits per heavy atom. The quantitative estimate of drug-likeness (QED) is 0.293. The van der Waals surface area contributed by atoms with E-state index in [1.807, 2.05) is 6.92 Å². The highest BCUT2D eigenvalue weighted by molar-refractivity contribution is 5.14. The molecule has 0 amide bonds. The number of hydrogen-bond donors (Lipinski definition) is 0. The van der Waals surface area contributed by atoms with Crippen LogP contribution in [0.4, 0.5) is 17.6 Å². The maximum absolute atomic E-state index is 15.1. The summed E-state index contributed by atoms with van der Waals surface area (Å²) in [6, 6.07) is 0. The van der Waals surface area contributed by atoms with Crippen molar-refractivity contribution in [2.45, 2.75) is 123 Å². The molecule has 2 saturated carbocycles. The largest absolute Gasteiger partial charge is 0.209 e. The minimum Gasteiger partial charge on any atom is -0.209 e. The van der Waals surface area contributed by atoms with E-state index >= 15 is 8.78 Å². The zero-order valence-corrected chi connectivity index (χ0v) is 22.2. The molecule has 35 heavy (non-hydrogen) atoms. The molecule has 0 aromatic carbocycles. The highest BCUT2D eigenvalue weighted by Gasteiger charge is 2.39. The van der Waals surface area contributed by atoms with Crippen molar-refractivity contribution < 1.29 is 17.6 Å². The van der Waals surface area contributed by atoms with Gasteiger partial charge in [0.1, 0.15) is 23.3 Å². The predicted molar refractivity (Wildman–Crippen MR) is 136 cm³/mol. The van der Waals surface area contributed by atoms with E-state index in [4.69, 9.17) is 0 Å². The van der Waals surface area contributed by atoms with Gasteiger partial charge in [0.05, 0.1) is 0 Å². The van der Waals surface area contributed by atoms with E-state index < -0.39 is 23.3 Å². The average molecular weight is 497 g/mol. The van der Waals surface area contributed by atoms with Crippen LogP contribution in [0.15, 0.2) is 23.3 Å². The lowest BCUT2D eigenvalue weighted by molar-refractivity contribution is 0.150. The van der Waals surface area contributed by atoms with Crippen molar-refractivity contribution >= 4 is 0 Å². The molecule has 2 fully saturated rings. The lowest BCUT2D eigenvalue weighted by Gasteiger charge is -2.37. The second-order valence-corrected chi connectivity index (χ2v) is 12.5. The molecule has 0 aromatic heterocycles. The molecule has 0 nitrogen and oxygen atoms in total. The molecule has 0 aliphatic heterocycles. The molecule has 4 rings (SSSR count). The van der Waals surface area contributed by atoms with Gasteiger partial charge in [-0.15, -0.1) is 0 Å². The SMILES string of the molecule is CCC[C@H]1CC[C@@H](C2CCC(CC[C@H]3CC[C@@H](C4CCC(CC)CC4)C(F)=C3F)CC2)C(F)=C1F. The van der Waals surface area contributed by atoms with Crippen LogP contribution in [0, 0.1) is 47.3 Å². The van der Waals surface area contributed by atoms with E-state index in [0.717, 1.165) is 95.8 Å². The van der Waals surface area contributed by atoms with Gasteiger partial charge < -0.3 is 0 Å². The number of allylic oxidation sites excluding steroid dienone is 4. The van der Waals surface area contributed by atoms with Crippen LogP contribution in [0.1, 0.15) is 123 Å². The Hall–Kier alpha value is -0.800. The zero-order chi connectivity index (χ0) is 24.9. The summed E-state index contributed by atoms with van der Waals surface area (Å²) in [5, 5.41) is 0. The first-order valence-corrected chi connectivity index (χ1v) is 15.0. The average Bonchev–Trinajstić information content (AvgIpc) is 2.88. The Bertz CT molecular complexity index is 739. The van der Waals surface area contributed by atoms with Crippen LogP contribution >= 0.6 is 0 Å². The van der Waals surface area contributed by atoms with Crippen LogP contribution in [-0.2, 0) is 0 Å². The zero-order valence-electron chi connectivity index (χ0n) is 22.2. The monoisotopic (exact) mass is 496 g/mol. The molecular formula is C31H48F4. The van der Waals surface area contributed by atoms with E-state index in [2.05, 4.69) is 6.92 Å². The van der Waals surface area contributed by atoms with Gasteiger partial charge in [-0.2, -0.15) is 0 Å². The van der Waals surface area contributed by atoms with Gasteiger partial charge in [0, 0.05) is 23.7 Å². The molecule has 200 valence electrons. The van der Waals surface area contributed by atoms with Crippen molar-refractivity contribution in [1.29, 1.82) is 0 Å². The normalized spacial score (nSPS) is 39.3. The summed E-state index contributed by atoms with van der Waals surface area (Å²) in [5.74, 6) is -0.818.